The van der Waals surface area contributed by atoms with E-state index in [9.17, 15) is 0 Å². The fraction of sp³-hybridized carbons (Fsp3) is 0.152. The summed E-state index contributed by atoms with van der Waals surface area (Å²) in [5, 5.41) is 4.61. The van der Waals surface area contributed by atoms with E-state index >= 15 is 0 Å². The topological polar surface area (TPSA) is 9.23 Å². The van der Waals surface area contributed by atoms with Crippen molar-refractivity contribution in [1.29, 1.82) is 0 Å². The Morgan fingerprint density at radius 2 is 0.657 bits per heavy atom. The van der Waals surface area contributed by atoms with Crippen LogP contribution in [0.1, 0.15) is 97.2 Å². The number of benzene rings is 10. The van der Waals surface area contributed by atoms with Crippen molar-refractivity contribution in [3.05, 3.63) is 250 Å². The van der Waals surface area contributed by atoms with E-state index in [4.69, 9.17) is 4.74 Å². The smallest absolute Gasteiger partial charge is 0.140 e. The molecule has 2 spiro atoms. The Hall–Kier alpha value is -7.48. The summed E-state index contributed by atoms with van der Waals surface area (Å²) >= 11 is 0. The van der Waals surface area contributed by atoms with Crippen molar-refractivity contribution >= 4 is 21.5 Å². The first-order chi connectivity index (χ1) is 32.5. The molecule has 1 heterocycles. The maximum absolute atomic E-state index is 7.29. The third kappa shape index (κ3) is 4.94. The molecule has 0 amide bonds. The monoisotopic (exact) mass is 858 g/mol. The van der Waals surface area contributed by atoms with Gasteiger partial charge in [0.1, 0.15) is 11.5 Å². The number of ether oxygens (including phenoxy) is 1. The van der Waals surface area contributed by atoms with Crippen LogP contribution in [0.15, 0.2) is 194 Å². The van der Waals surface area contributed by atoms with Crippen molar-refractivity contribution in [2.24, 2.45) is 0 Å². The minimum absolute atomic E-state index is 0.0116. The largest absolute Gasteiger partial charge is 0.455 e. The quantitative estimate of drug-likeness (QED) is 0.160. The molecule has 0 atom stereocenters. The van der Waals surface area contributed by atoms with E-state index in [0.29, 0.717) is 0 Å². The van der Waals surface area contributed by atoms with Crippen molar-refractivity contribution in [2.75, 3.05) is 0 Å². The predicted molar refractivity (Wildman–Crippen MR) is 278 cm³/mol. The Kier molecular flexibility index (Phi) is 7.58. The van der Waals surface area contributed by atoms with Crippen LogP contribution in [0.5, 0.6) is 11.5 Å². The predicted octanol–water partition coefficient (Wildman–Crippen LogP) is 17.1. The number of rotatable bonds is 1. The van der Waals surface area contributed by atoms with E-state index in [-0.39, 0.29) is 10.8 Å². The molecule has 0 saturated carbocycles. The zero-order valence-electron chi connectivity index (χ0n) is 38.9. The molecule has 1 aliphatic heterocycles. The van der Waals surface area contributed by atoms with Crippen LogP contribution >= 0.6 is 0 Å². The first-order valence-electron chi connectivity index (χ1n) is 24.0. The van der Waals surface area contributed by atoms with Crippen molar-refractivity contribution < 1.29 is 4.74 Å². The molecule has 0 saturated heterocycles. The van der Waals surface area contributed by atoms with Crippen LogP contribution in [0.4, 0.5) is 0 Å². The molecule has 320 valence electrons. The summed E-state index contributed by atoms with van der Waals surface area (Å²) < 4.78 is 7.29. The number of fused-ring (bicyclic) bond motifs is 23. The van der Waals surface area contributed by atoms with E-state index < -0.39 is 10.8 Å². The van der Waals surface area contributed by atoms with Gasteiger partial charge in [0, 0.05) is 21.9 Å². The third-order valence-electron chi connectivity index (χ3n) is 16.1. The minimum atomic E-state index is -0.622. The highest BCUT2D eigenvalue weighted by molar-refractivity contribution is 6.01. The lowest BCUT2D eigenvalue weighted by Gasteiger charge is -2.40. The normalized spacial score (nSPS) is 15.1. The van der Waals surface area contributed by atoms with Gasteiger partial charge in [0.15, 0.2) is 0 Å². The summed E-state index contributed by atoms with van der Waals surface area (Å²) in [7, 11) is 0. The molecule has 0 N–H and O–H groups in total. The van der Waals surface area contributed by atoms with Gasteiger partial charge in [-0.3, -0.25) is 0 Å². The molecule has 4 aliphatic rings. The first kappa shape index (κ1) is 38.8. The lowest BCUT2D eigenvalue weighted by atomic mass is 9.65. The lowest BCUT2D eigenvalue weighted by Crippen LogP contribution is -2.32. The first-order valence-corrected chi connectivity index (χ1v) is 24.0. The van der Waals surface area contributed by atoms with Crippen LogP contribution in [0.25, 0.3) is 66.1 Å². The summed E-state index contributed by atoms with van der Waals surface area (Å²) in [4.78, 5) is 0. The van der Waals surface area contributed by atoms with Gasteiger partial charge < -0.3 is 4.74 Å². The van der Waals surface area contributed by atoms with Crippen LogP contribution in [0, 0.1) is 0 Å². The van der Waals surface area contributed by atoms with E-state index in [2.05, 4.69) is 236 Å². The van der Waals surface area contributed by atoms with Gasteiger partial charge in [-0.1, -0.05) is 224 Å². The van der Waals surface area contributed by atoms with Gasteiger partial charge in [-0.2, -0.15) is 0 Å². The molecular weight excluding hydrogens is 809 g/mol. The second kappa shape index (κ2) is 13.1. The second-order valence-electron chi connectivity index (χ2n) is 21.6. The maximum atomic E-state index is 7.29. The van der Waals surface area contributed by atoms with Crippen LogP contribution in [-0.4, -0.2) is 0 Å². The highest BCUT2D eigenvalue weighted by Crippen LogP contribution is 2.66. The fourth-order valence-electron chi connectivity index (χ4n) is 12.9. The van der Waals surface area contributed by atoms with Gasteiger partial charge in [-0.15, -0.1) is 0 Å². The fourth-order valence-corrected chi connectivity index (χ4v) is 12.9. The molecule has 0 aromatic heterocycles. The lowest BCUT2D eigenvalue weighted by molar-refractivity contribution is 0.447. The molecule has 0 bridgehead atoms. The molecule has 3 aliphatic carbocycles. The van der Waals surface area contributed by atoms with Crippen LogP contribution in [0.3, 0.4) is 0 Å². The average molecular weight is 859 g/mol. The molecule has 67 heavy (non-hydrogen) atoms. The molecule has 10 aromatic rings. The highest BCUT2D eigenvalue weighted by atomic mass is 16.5. The van der Waals surface area contributed by atoms with Crippen molar-refractivity contribution in [3.8, 4) is 56.0 Å². The van der Waals surface area contributed by atoms with Crippen LogP contribution < -0.4 is 4.74 Å². The van der Waals surface area contributed by atoms with Gasteiger partial charge in [-0.25, -0.2) is 0 Å². The molecule has 1 nitrogen and oxygen atoms in total. The van der Waals surface area contributed by atoms with Crippen LogP contribution in [0.2, 0.25) is 0 Å². The van der Waals surface area contributed by atoms with Gasteiger partial charge in [0.25, 0.3) is 0 Å². The van der Waals surface area contributed by atoms with Gasteiger partial charge in [0.2, 0.25) is 0 Å². The minimum Gasteiger partial charge on any atom is -0.455 e. The van der Waals surface area contributed by atoms with Crippen LogP contribution in [-0.2, 0) is 21.7 Å². The molecular formula is C66H50O. The highest BCUT2D eigenvalue weighted by Gasteiger charge is 2.54. The van der Waals surface area contributed by atoms with E-state index in [1.807, 2.05) is 0 Å². The second-order valence-corrected chi connectivity index (χ2v) is 21.6. The summed E-state index contributed by atoms with van der Waals surface area (Å²) in [6.07, 6.45) is 0. The van der Waals surface area contributed by atoms with Gasteiger partial charge in [0.05, 0.1) is 10.8 Å². The summed E-state index contributed by atoms with van der Waals surface area (Å²) in [5.74, 6) is 1.88. The van der Waals surface area contributed by atoms with Crippen molar-refractivity contribution in [1.82, 2.24) is 0 Å². The SMILES string of the molecule is CC(C)(C)c1ccc2c(c1)C1(c3ccccc3-c3ccc(-c4ccc5c(c4)C4(c6ccccc6-5)c5ccc6ccccc6c5Oc5c4ccc4ccccc54)cc31)c1cc(C(C)(C)C)ccc1-2. The van der Waals surface area contributed by atoms with Gasteiger partial charge in [-0.05, 0) is 123 Å². The van der Waals surface area contributed by atoms with E-state index in [1.54, 1.807) is 0 Å². The summed E-state index contributed by atoms with van der Waals surface area (Å²) in [6, 6.07) is 74.3. The third-order valence-corrected chi connectivity index (χ3v) is 16.1. The maximum Gasteiger partial charge on any atom is 0.140 e. The molecule has 14 rings (SSSR count). The Bertz CT molecular complexity index is 3660. The van der Waals surface area contributed by atoms with Crippen molar-refractivity contribution in [3.63, 3.8) is 0 Å². The van der Waals surface area contributed by atoms with Crippen molar-refractivity contribution in [2.45, 2.75) is 63.2 Å². The van der Waals surface area contributed by atoms with E-state index in [0.717, 1.165) is 22.3 Å². The molecule has 0 radical (unpaired) electrons. The Balaban J connectivity index is 1.06. The summed E-state index contributed by atoms with van der Waals surface area (Å²) in [5.41, 5.74) is 22.4. The Morgan fingerprint density at radius 3 is 1.10 bits per heavy atom. The number of hydrogen-bond acceptors (Lipinski definition) is 1. The molecule has 10 aromatic carbocycles. The Labute approximate surface area is 393 Å². The molecule has 1 heteroatoms. The number of hydrogen-bond donors (Lipinski definition) is 0. The zero-order valence-corrected chi connectivity index (χ0v) is 38.9. The van der Waals surface area contributed by atoms with Gasteiger partial charge >= 0.3 is 0 Å². The average Bonchev–Trinajstić information content (AvgIpc) is 3.92. The molecule has 0 unspecified atom stereocenters. The zero-order chi connectivity index (χ0) is 45.2. The van der Waals surface area contributed by atoms with E-state index in [1.165, 1.54) is 111 Å². The standard InChI is InChI=1S/C66H50O/c1-63(2,3)43-27-31-51-52-32-28-44(64(4,5)6)38-60(52)66(59(51)37-43)54-22-14-12-20-48(54)50-30-24-42(36-58(50)66)41-23-29-49-47-19-11-13-21-53(47)65(57(49)35-41)55-33-25-39-15-7-9-17-45(39)61(55)67-62-46-18-10-8-16-40(46)26-34-56(62)65/h7-38H,1-6H3. The molecule has 0 fully saturated rings. The Morgan fingerprint density at radius 1 is 0.299 bits per heavy atom. The summed E-state index contributed by atoms with van der Waals surface area (Å²) in [6.45, 7) is 14.1.